The van der Waals surface area contributed by atoms with Crippen molar-refractivity contribution in [2.75, 3.05) is 18.6 Å². The van der Waals surface area contributed by atoms with E-state index < -0.39 is 11.9 Å². The van der Waals surface area contributed by atoms with Gasteiger partial charge < -0.3 is 15.0 Å². The minimum atomic E-state index is -0.854. The van der Waals surface area contributed by atoms with Crippen LogP contribution in [-0.2, 0) is 16.0 Å². The number of hydrogen-bond acceptors (Lipinski definition) is 7. The smallest absolute Gasteiger partial charge is 0.268 e. The molecule has 5 rings (SSSR count). The quantitative estimate of drug-likeness (QED) is 0.650. The number of amides is 2. The summed E-state index contributed by atoms with van der Waals surface area (Å²) in [5.74, 6) is -0.218. The maximum atomic E-state index is 13.0. The predicted molar refractivity (Wildman–Crippen MR) is 121 cm³/mol. The number of rotatable bonds is 4. The molecule has 2 aromatic carbocycles. The van der Waals surface area contributed by atoms with Crippen molar-refractivity contribution in [1.82, 2.24) is 20.7 Å². The Labute approximate surface area is 184 Å². The van der Waals surface area contributed by atoms with Gasteiger partial charge >= 0.3 is 0 Å². The van der Waals surface area contributed by atoms with Crippen molar-refractivity contribution in [1.29, 1.82) is 0 Å². The van der Waals surface area contributed by atoms with Crippen molar-refractivity contribution in [2.45, 2.75) is 26.3 Å². The molecule has 0 unspecified atom stereocenters. The summed E-state index contributed by atoms with van der Waals surface area (Å²) in [5, 5.41) is 21.5. The van der Waals surface area contributed by atoms with Gasteiger partial charge in [0.2, 0.25) is 0 Å². The second kappa shape index (κ2) is 8.58. The van der Waals surface area contributed by atoms with Gasteiger partial charge in [-0.3, -0.25) is 9.59 Å². The number of H-pyrrole nitrogens is 1. The van der Waals surface area contributed by atoms with Crippen molar-refractivity contribution >= 4 is 40.0 Å². The zero-order chi connectivity index (χ0) is 21.4. The number of ether oxygens (including phenoxy) is 1. The fourth-order valence-corrected chi connectivity index (χ4v) is 3.63. The first-order valence-electron chi connectivity index (χ1n) is 9.80. The average Bonchev–Trinajstić information content (AvgIpc) is 3.42. The largest absolute Gasteiger partial charge is 0.489 e. The lowest BCUT2D eigenvalue weighted by Crippen LogP contribution is -2.51. The van der Waals surface area contributed by atoms with Crippen LogP contribution in [0.25, 0.3) is 11.0 Å². The monoisotopic (exact) mass is 433 g/mol. The van der Waals surface area contributed by atoms with Crippen LogP contribution in [0.3, 0.4) is 0 Å². The van der Waals surface area contributed by atoms with Crippen molar-refractivity contribution in [3.8, 4) is 5.75 Å². The number of aromatic amines is 1. The normalized spacial score (nSPS) is 17.6. The van der Waals surface area contributed by atoms with Gasteiger partial charge in [0.05, 0.1) is 11.4 Å². The zero-order valence-corrected chi connectivity index (χ0v) is 16.7. The summed E-state index contributed by atoms with van der Waals surface area (Å²) < 4.78 is 5.82. The van der Waals surface area contributed by atoms with E-state index in [-0.39, 0.29) is 25.7 Å². The third-order valence-electron chi connectivity index (χ3n) is 5.29. The van der Waals surface area contributed by atoms with Gasteiger partial charge in [-0.05, 0) is 11.6 Å². The van der Waals surface area contributed by atoms with Crippen molar-refractivity contribution < 1.29 is 14.3 Å². The number of anilines is 1. The van der Waals surface area contributed by atoms with E-state index in [1.807, 2.05) is 30.3 Å². The predicted octanol–water partition coefficient (Wildman–Crippen LogP) is 1.88. The van der Waals surface area contributed by atoms with Crippen molar-refractivity contribution in [3.63, 3.8) is 0 Å². The number of aromatic nitrogens is 3. The van der Waals surface area contributed by atoms with E-state index in [4.69, 9.17) is 4.74 Å². The fraction of sp³-hybridized carbons (Fsp3) is 0.273. The highest BCUT2D eigenvalue weighted by Crippen LogP contribution is 2.33. The second-order valence-corrected chi connectivity index (χ2v) is 7.42. The molecule has 3 aromatic rings. The van der Waals surface area contributed by atoms with Crippen LogP contribution in [0.4, 0.5) is 5.69 Å². The number of hydrogen-bond donors (Lipinski definition) is 2. The Morgan fingerprint density at radius 3 is 2.72 bits per heavy atom. The van der Waals surface area contributed by atoms with E-state index in [1.54, 1.807) is 19.2 Å². The van der Waals surface area contributed by atoms with Crippen LogP contribution in [0.5, 0.6) is 5.75 Å². The lowest BCUT2D eigenvalue weighted by molar-refractivity contribution is -0.124. The molecule has 1 atom stereocenters. The maximum Gasteiger partial charge on any atom is 0.268 e. The minimum absolute atomic E-state index is 0. The van der Waals surface area contributed by atoms with Gasteiger partial charge in [0.1, 0.15) is 35.1 Å². The average molecular weight is 433 g/mol. The summed E-state index contributed by atoms with van der Waals surface area (Å²) >= 11 is 0. The van der Waals surface area contributed by atoms with Gasteiger partial charge in [-0.15, -0.1) is 5.10 Å². The Balaban J connectivity index is 0.00000245. The van der Waals surface area contributed by atoms with E-state index in [2.05, 4.69) is 30.9 Å². The molecule has 2 aliphatic rings. The molecule has 2 aliphatic heterocycles. The second-order valence-electron chi connectivity index (χ2n) is 7.42. The number of likely N-dealkylation sites (N-methyl/N-ethyl adjacent to an activating group) is 1. The molecule has 2 N–H and O–H groups in total. The molecule has 0 radical (unpaired) electrons. The molecule has 0 fully saturated rings. The first-order valence-corrected chi connectivity index (χ1v) is 9.80. The van der Waals surface area contributed by atoms with Crippen LogP contribution < -0.4 is 15.0 Å². The number of nitrogens with zero attached hydrogens (tertiary/aromatic N) is 5. The molecule has 0 spiro atoms. The van der Waals surface area contributed by atoms with E-state index >= 15 is 0 Å². The number of benzene rings is 2. The Morgan fingerprint density at radius 1 is 1.19 bits per heavy atom. The highest BCUT2D eigenvalue weighted by Gasteiger charge is 2.32. The first-order chi connectivity index (χ1) is 15.1. The van der Waals surface area contributed by atoms with Crippen LogP contribution >= 0.6 is 0 Å². The zero-order valence-electron chi connectivity index (χ0n) is 16.7. The van der Waals surface area contributed by atoms with Crippen LogP contribution in [0.1, 0.15) is 19.4 Å². The van der Waals surface area contributed by atoms with E-state index in [0.717, 1.165) is 11.3 Å². The summed E-state index contributed by atoms with van der Waals surface area (Å²) in [6.45, 7) is -0.00369. The number of nitrogens with one attached hydrogen (secondary N) is 2. The highest BCUT2D eigenvalue weighted by molar-refractivity contribution is 6.43. The van der Waals surface area contributed by atoms with E-state index in [9.17, 15) is 9.59 Å². The first kappa shape index (κ1) is 21.2. The Kier molecular flexibility index (Phi) is 5.67. The van der Waals surface area contributed by atoms with Crippen LogP contribution in [0, 0.1) is 0 Å². The van der Waals surface area contributed by atoms with Gasteiger partial charge in [0, 0.05) is 26.0 Å². The van der Waals surface area contributed by atoms with Gasteiger partial charge in [0.25, 0.3) is 11.8 Å². The van der Waals surface area contributed by atoms with Crippen LogP contribution in [0.15, 0.2) is 52.7 Å². The van der Waals surface area contributed by atoms with Crippen molar-refractivity contribution in [3.05, 3.63) is 48.0 Å². The van der Waals surface area contributed by atoms with E-state index in [0.29, 0.717) is 35.3 Å². The number of carbonyl (C=O) groups excluding carboxylic acids is 2. The SMILES string of the molecule is C.CN1C(=O)[C@@H](NC(=O)C2=NN=C(Cc3ccccc3)C2)COc2cc3n[nH]nc3cc21. The third kappa shape index (κ3) is 3.94. The maximum absolute atomic E-state index is 13.0. The molecule has 3 heterocycles. The van der Waals surface area contributed by atoms with Crippen LogP contribution in [0.2, 0.25) is 0 Å². The minimum Gasteiger partial charge on any atom is -0.489 e. The third-order valence-corrected chi connectivity index (χ3v) is 5.29. The summed E-state index contributed by atoms with van der Waals surface area (Å²) in [4.78, 5) is 27.1. The van der Waals surface area contributed by atoms with Gasteiger partial charge in [-0.25, -0.2) is 0 Å². The van der Waals surface area contributed by atoms with Gasteiger partial charge in [0.15, 0.2) is 0 Å². The molecule has 32 heavy (non-hydrogen) atoms. The highest BCUT2D eigenvalue weighted by atomic mass is 16.5. The molecule has 1 aromatic heterocycles. The molecule has 0 saturated carbocycles. The van der Waals surface area contributed by atoms with Crippen molar-refractivity contribution in [2.24, 2.45) is 10.2 Å². The molecular formula is C22H23N7O3. The number of carbonyl (C=O) groups is 2. The molecular weight excluding hydrogens is 410 g/mol. The summed E-state index contributed by atoms with van der Waals surface area (Å²) in [6.07, 6.45) is 0.974. The topological polar surface area (TPSA) is 125 Å². The molecule has 164 valence electrons. The number of fused-ring (bicyclic) bond motifs is 2. The molecule has 10 nitrogen and oxygen atoms in total. The summed E-state index contributed by atoms with van der Waals surface area (Å²) in [7, 11) is 1.63. The molecule has 0 aliphatic carbocycles. The van der Waals surface area contributed by atoms with Gasteiger partial charge in [-0.1, -0.05) is 37.8 Å². The molecule has 2 amide bonds. The Hall–Kier alpha value is -4.08. The van der Waals surface area contributed by atoms with Gasteiger partial charge in [-0.2, -0.15) is 20.5 Å². The summed E-state index contributed by atoms with van der Waals surface area (Å²) in [6, 6.07) is 12.5. The standard InChI is InChI=1S/C21H19N7O3.CH4/c1-28-18-9-14-15(26-27-25-14)10-19(18)31-11-17(21(28)30)22-20(29)16-8-13(23-24-16)7-12-5-3-2-4-6-12;/h2-6,9-10,17H,7-8,11H2,1H3,(H,22,29)(H,25,26,27);1H4/t17-;/m0./s1. The lowest BCUT2D eigenvalue weighted by Gasteiger charge is -2.20. The lowest BCUT2D eigenvalue weighted by atomic mass is 10.0. The fourth-order valence-electron chi connectivity index (χ4n) is 3.63. The summed E-state index contributed by atoms with van der Waals surface area (Å²) in [5.41, 5.74) is 4.00. The Bertz CT molecular complexity index is 1230. The Morgan fingerprint density at radius 2 is 1.94 bits per heavy atom. The van der Waals surface area contributed by atoms with Crippen LogP contribution in [-0.4, -0.2) is 58.3 Å². The molecule has 0 bridgehead atoms. The molecule has 0 saturated heterocycles. The molecule has 10 heteroatoms. The van der Waals surface area contributed by atoms with E-state index in [1.165, 1.54) is 4.90 Å².